The molecule has 3 nitrogen and oxygen atoms in total. The van der Waals surface area contributed by atoms with Crippen LogP contribution in [0, 0.1) is 11.8 Å². The van der Waals surface area contributed by atoms with Gasteiger partial charge in [0, 0.05) is 17.7 Å². The molecule has 2 aromatic heterocycles. The van der Waals surface area contributed by atoms with Crippen molar-refractivity contribution >= 4 is 22.6 Å². The molecule has 0 spiro atoms. The zero-order valence-electron chi connectivity index (χ0n) is 11.0. The van der Waals surface area contributed by atoms with E-state index in [1.54, 1.807) is 0 Å². The van der Waals surface area contributed by atoms with Gasteiger partial charge in [0.2, 0.25) is 0 Å². The molecule has 0 bridgehead atoms. The second kappa shape index (κ2) is 4.75. The normalized spacial score (nSPS) is 31.2. The number of aromatic amines is 1. The number of nitrogens with one attached hydrogen (secondary N) is 1. The van der Waals surface area contributed by atoms with E-state index in [0.29, 0.717) is 16.6 Å². The van der Waals surface area contributed by atoms with Crippen LogP contribution in [-0.2, 0) is 0 Å². The van der Waals surface area contributed by atoms with Crippen LogP contribution in [-0.4, -0.2) is 21.1 Å². The van der Waals surface area contributed by atoms with E-state index in [1.165, 1.54) is 6.33 Å². The van der Waals surface area contributed by atoms with Crippen LogP contribution in [0.25, 0.3) is 11.0 Å². The summed E-state index contributed by atoms with van der Waals surface area (Å²) in [5.74, 6) is 0.471. The molecule has 4 atom stereocenters. The van der Waals surface area contributed by atoms with Crippen molar-refractivity contribution in [2.75, 3.05) is 0 Å². The summed E-state index contributed by atoms with van der Waals surface area (Å²) in [6.07, 6.45) is 4.37. The van der Waals surface area contributed by atoms with E-state index in [0.717, 1.165) is 23.9 Å². The average Bonchev–Trinajstić information content (AvgIpc) is 2.94. The number of rotatable bonds is 2. The summed E-state index contributed by atoms with van der Waals surface area (Å²) < 4.78 is 14.5. The molecule has 1 saturated carbocycles. The van der Waals surface area contributed by atoms with Crippen LogP contribution in [0.5, 0.6) is 0 Å². The third-order valence-corrected chi connectivity index (χ3v) is 4.84. The first-order chi connectivity index (χ1) is 9.13. The highest BCUT2D eigenvalue weighted by atomic mass is 35.5. The van der Waals surface area contributed by atoms with Crippen molar-refractivity contribution in [3.63, 3.8) is 0 Å². The molecule has 0 amide bonds. The third-order valence-electron chi connectivity index (χ3n) is 4.56. The summed E-state index contributed by atoms with van der Waals surface area (Å²) in [5, 5.41) is 0.393. The lowest BCUT2D eigenvalue weighted by atomic mass is 9.95. The Morgan fingerprint density at radius 3 is 2.95 bits per heavy atom. The lowest BCUT2D eigenvalue weighted by Crippen LogP contribution is -2.14. The first-order valence-electron chi connectivity index (χ1n) is 6.75. The Bertz CT molecular complexity index is 597. The fourth-order valence-corrected chi connectivity index (χ4v) is 3.53. The number of fused-ring (bicyclic) bond motifs is 1. The molecule has 2 heterocycles. The maximum Gasteiger partial charge on any atom is 0.156 e. The second-order valence-electron chi connectivity index (χ2n) is 5.45. The van der Waals surface area contributed by atoms with E-state index >= 15 is 0 Å². The highest BCUT2D eigenvalue weighted by molar-refractivity contribution is 6.33. The SMILES string of the molecule is CC[C@H]1C[C@@H](c2c[nH]c3c(Cl)ncnc23)[C@@H](F)[C@@H]1C. The van der Waals surface area contributed by atoms with Gasteiger partial charge in [-0.3, -0.25) is 0 Å². The van der Waals surface area contributed by atoms with Crippen molar-refractivity contribution in [3.8, 4) is 0 Å². The van der Waals surface area contributed by atoms with Gasteiger partial charge < -0.3 is 4.98 Å². The van der Waals surface area contributed by atoms with Crippen LogP contribution in [0.3, 0.4) is 0 Å². The largest absolute Gasteiger partial charge is 0.357 e. The molecule has 1 aliphatic rings. The summed E-state index contributed by atoms with van der Waals surface area (Å²) in [4.78, 5) is 11.3. The minimum Gasteiger partial charge on any atom is -0.357 e. The van der Waals surface area contributed by atoms with Crippen LogP contribution < -0.4 is 0 Å². The number of H-pyrrole nitrogens is 1. The summed E-state index contributed by atoms with van der Waals surface area (Å²) in [7, 11) is 0. The Hall–Kier alpha value is -1.16. The van der Waals surface area contributed by atoms with Gasteiger partial charge in [0.1, 0.15) is 18.0 Å². The quantitative estimate of drug-likeness (QED) is 0.842. The zero-order valence-corrected chi connectivity index (χ0v) is 11.8. The number of aromatic nitrogens is 3. The third kappa shape index (κ3) is 1.93. The highest BCUT2D eigenvalue weighted by Gasteiger charge is 2.41. The van der Waals surface area contributed by atoms with Crippen LogP contribution in [0.4, 0.5) is 4.39 Å². The molecule has 1 fully saturated rings. The topological polar surface area (TPSA) is 41.6 Å². The van der Waals surface area contributed by atoms with Crippen molar-refractivity contribution in [1.82, 2.24) is 15.0 Å². The van der Waals surface area contributed by atoms with E-state index in [4.69, 9.17) is 11.6 Å². The van der Waals surface area contributed by atoms with Gasteiger partial charge >= 0.3 is 0 Å². The summed E-state index contributed by atoms with van der Waals surface area (Å²) >= 11 is 6.02. The van der Waals surface area contributed by atoms with E-state index in [-0.39, 0.29) is 11.8 Å². The molecule has 102 valence electrons. The minimum absolute atomic E-state index is 0.0836. The van der Waals surface area contributed by atoms with E-state index in [9.17, 15) is 4.39 Å². The van der Waals surface area contributed by atoms with Crippen molar-refractivity contribution in [2.24, 2.45) is 11.8 Å². The van der Waals surface area contributed by atoms with E-state index in [2.05, 4.69) is 21.9 Å². The number of hydrogen-bond acceptors (Lipinski definition) is 2. The predicted molar refractivity (Wildman–Crippen MR) is 74.1 cm³/mol. The van der Waals surface area contributed by atoms with Gasteiger partial charge in [-0.25, -0.2) is 14.4 Å². The first kappa shape index (κ1) is 12.9. The van der Waals surface area contributed by atoms with Crippen LogP contribution in [0.1, 0.15) is 38.2 Å². The standard InChI is InChI=1S/C14H17ClFN3/c1-3-8-4-9(11(16)7(8)2)10-5-17-13-12(10)18-6-19-14(13)15/h5-9,11,17H,3-4H2,1-2H3/t7-,8+,9+,11+/m1/s1. The van der Waals surface area contributed by atoms with Gasteiger partial charge in [0.15, 0.2) is 5.15 Å². The molecular weight excluding hydrogens is 265 g/mol. The Morgan fingerprint density at radius 1 is 1.47 bits per heavy atom. The fraction of sp³-hybridized carbons (Fsp3) is 0.571. The monoisotopic (exact) mass is 281 g/mol. The lowest BCUT2D eigenvalue weighted by molar-refractivity contribution is 0.231. The molecule has 1 aliphatic carbocycles. The highest BCUT2D eigenvalue weighted by Crippen LogP contribution is 2.47. The maximum atomic E-state index is 14.5. The molecule has 2 aromatic rings. The smallest absolute Gasteiger partial charge is 0.156 e. The fourth-order valence-electron chi connectivity index (χ4n) is 3.35. The summed E-state index contributed by atoms with van der Waals surface area (Å²) in [6.45, 7) is 4.14. The van der Waals surface area contributed by atoms with Crippen molar-refractivity contribution < 1.29 is 4.39 Å². The number of hydrogen-bond donors (Lipinski definition) is 1. The zero-order chi connectivity index (χ0) is 13.6. The van der Waals surface area contributed by atoms with Gasteiger partial charge in [-0.05, 0) is 18.3 Å². The molecular formula is C14H17ClFN3. The Morgan fingerprint density at radius 2 is 2.26 bits per heavy atom. The molecule has 0 aliphatic heterocycles. The Kier molecular flexibility index (Phi) is 3.21. The molecule has 0 saturated heterocycles. The second-order valence-corrected chi connectivity index (χ2v) is 5.80. The minimum atomic E-state index is -0.808. The van der Waals surface area contributed by atoms with Crippen LogP contribution in [0.15, 0.2) is 12.5 Å². The first-order valence-corrected chi connectivity index (χ1v) is 7.12. The molecule has 5 heteroatoms. The van der Waals surface area contributed by atoms with Crippen molar-refractivity contribution in [3.05, 3.63) is 23.2 Å². The van der Waals surface area contributed by atoms with Gasteiger partial charge in [-0.1, -0.05) is 31.9 Å². The van der Waals surface area contributed by atoms with Crippen molar-refractivity contribution in [2.45, 2.75) is 38.8 Å². The predicted octanol–water partition coefficient (Wildman–Crippen LogP) is 4.10. The molecule has 0 unspecified atom stereocenters. The Labute approximate surface area is 116 Å². The number of halogens is 2. The maximum absolute atomic E-state index is 14.5. The molecule has 3 rings (SSSR count). The molecule has 0 radical (unpaired) electrons. The van der Waals surface area contributed by atoms with E-state index < -0.39 is 6.17 Å². The van der Waals surface area contributed by atoms with Crippen molar-refractivity contribution in [1.29, 1.82) is 0 Å². The molecule has 1 N–H and O–H groups in total. The van der Waals surface area contributed by atoms with Gasteiger partial charge in [-0.15, -0.1) is 0 Å². The van der Waals surface area contributed by atoms with Crippen LogP contribution in [0.2, 0.25) is 5.15 Å². The molecule has 19 heavy (non-hydrogen) atoms. The van der Waals surface area contributed by atoms with Crippen LogP contribution >= 0.6 is 11.6 Å². The number of nitrogens with zero attached hydrogens (tertiary/aromatic N) is 2. The van der Waals surface area contributed by atoms with Gasteiger partial charge in [0.05, 0.1) is 5.52 Å². The number of alkyl halides is 1. The summed E-state index contributed by atoms with van der Waals surface area (Å²) in [5.41, 5.74) is 2.41. The van der Waals surface area contributed by atoms with E-state index in [1.807, 2.05) is 13.1 Å². The van der Waals surface area contributed by atoms with Gasteiger partial charge in [0.25, 0.3) is 0 Å². The lowest BCUT2D eigenvalue weighted by Gasteiger charge is -2.14. The van der Waals surface area contributed by atoms with Gasteiger partial charge in [-0.2, -0.15) is 0 Å². The summed E-state index contributed by atoms with van der Waals surface area (Å²) in [6, 6.07) is 0. The molecule has 0 aromatic carbocycles. The average molecular weight is 282 g/mol. The Balaban J connectivity index is 2.04.